The molecule has 1 heterocycles. The Hall–Kier alpha value is -1.10. The van der Waals surface area contributed by atoms with E-state index in [4.69, 9.17) is 9.57 Å². The average Bonchev–Trinajstić information content (AvgIpc) is 2.97. The zero-order valence-electron chi connectivity index (χ0n) is 11.8. The lowest BCUT2D eigenvalue weighted by molar-refractivity contribution is 0.0522. The lowest BCUT2D eigenvalue weighted by Crippen LogP contribution is -2.34. The van der Waals surface area contributed by atoms with Crippen molar-refractivity contribution in [2.45, 2.75) is 12.8 Å². The molecule has 2 rings (SSSR count). The van der Waals surface area contributed by atoms with Gasteiger partial charge in [-0.25, -0.2) is 0 Å². The SMILES string of the molecule is COCCON(CCN1CCCC1)c1ccccc1. The molecule has 0 aromatic heterocycles. The molecule has 1 aromatic carbocycles. The van der Waals surface area contributed by atoms with Gasteiger partial charge in [0.2, 0.25) is 0 Å². The van der Waals surface area contributed by atoms with Crippen LogP contribution in [-0.2, 0) is 9.57 Å². The fourth-order valence-electron chi connectivity index (χ4n) is 2.33. The van der Waals surface area contributed by atoms with Crippen molar-refractivity contribution >= 4 is 5.69 Å². The van der Waals surface area contributed by atoms with Gasteiger partial charge >= 0.3 is 0 Å². The fraction of sp³-hybridized carbons (Fsp3) is 0.600. The summed E-state index contributed by atoms with van der Waals surface area (Å²) >= 11 is 0. The molecule has 1 fully saturated rings. The van der Waals surface area contributed by atoms with Crippen LogP contribution in [0, 0.1) is 0 Å². The second-order valence-corrected chi connectivity index (χ2v) is 4.81. The Labute approximate surface area is 115 Å². The topological polar surface area (TPSA) is 24.9 Å². The number of para-hydroxylation sites is 1. The number of anilines is 1. The summed E-state index contributed by atoms with van der Waals surface area (Å²) in [6, 6.07) is 10.3. The lowest BCUT2D eigenvalue weighted by atomic mass is 10.3. The Morgan fingerprint density at radius 1 is 1.11 bits per heavy atom. The maximum Gasteiger partial charge on any atom is 0.0982 e. The molecule has 0 unspecified atom stereocenters. The van der Waals surface area contributed by atoms with E-state index in [1.54, 1.807) is 7.11 Å². The van der Waals surface area contributed by atoms with Crippen LogP contribution in [0.25, 0.3) is 0 Å². The minimum Gasteiger partial charge on any atom is -0.382 e. The van der Waals surface area contributed by atoms with Gasteiger partial charge in [0.25, 0.3) is 0 Å². The van der Waals surface area contributed by atoms with Gasteiger partial charge in [-0.15, -0.1) is 0 Å². The van der Waals surface area contributed by atoms with Gasteiger partial charge in [-0.1, -0.05) is 18.2 Å². The van der Waals surface area contributed by atoms with Gasteiger partial charge in [0, 0.05) is 13.7 Å². The van der Waals surface area contributed by atoms with Gasteiger partial charge in [-0.3, -0.25) is 9.90 Å². The maximum atomic E-state index is 5.81. The number of likely N-dealkylation sites (tertiary alicyclic amines) is 1. The predicted molar refractivity (Wildman–Crippen MR) is 77.3 cm³/mol. The molecular formula is C15H24N2O2. The molecule has 1 aliphatic heterocycles. The Kier molecular flexibility index (Phi) is 6.14. The first-order chi connectivity index (χ1) is 9.40. The Morgan fingerprint density at radius 2 is 1.84 bits per heavy atom. The summed E-state index contributed by atoms with van der Waals surface area (Å²) in [5.41, 5.74) is 1.11. The molecule has 0 N–H and O–H groups in total. The number of rotatable bonds is 8. The standard InChI is InChI=1S/C15H24N2O2/c1-18-13-14-19-17(15-7-3-2-4-8-15)12-11-16-9-5-6-10-16/h2-4,7-8H,5-6,9-14H2,1H3. The van der Waals surface area contributed by atoms with Crippen molar-refractivity contribution in [3.63, 3.8) is 0 Å². The lowest BCUT2D eigenvalue weighted by Gasteiger charge is -2.26. The quantitative estimate of drug-likeness (QED) is 0.531. The van der Waals surface area contributed by atoms with Crippen LogP contribution >= 0.6 is 0 Å². The first-order valence-electron chi connectivity index (χ1n) is 7.07. The summed E-state index contributed by atoms with van der Waals surface area (Å²) in [5.74, 6) is 0. The van der Waals surface area contributed by atoms with Crippen molar-refractivity contribution in [2.75, 3.05) is 51.6 Å². The van der Waals surface area contributed by atoms with Gasteiger partial charge in [0.15, 0.2) is 0 Å². The molecule has 4 nitrogen and oxygen atoms in total. The fourth-order valence-corrected chi connectivity index (χ4v) is 2.33. The number of nitrogens with zero attached hydrogens (tertiary/aromatic N) is 2. The summed E-state index contributed by atoms with van der Waals surface area (Å²) in [7, 11) is 1.69. The van der Waals surface area contributed by atoms with E-state index in [1.165, 1.54) is 25.9 Å². The number of hydroxylamine groups is 1. The van der Waals surface area contributed by atoms with Crippen LogP contribution in [0.2, 0.25) is 0 Å². The highest BCUT2D eigenvalue weighted by molar-refractivity contribution is 5.43. The van der Waals surface area contributed by atoms with Crippen LogP contribution in [0.1, 0.15) is 12.8 Å². The molecule has 1 aliphatic rings. The molecular weight excluding hydrogens is 240 g/mol. The van der Waals surface area contributed by atoms with Crippen molar-refractivity contribution in [1.29, 1.82) is 0 Å². The number of ether oxygens (including phenoxy) is 1. The Bertz CT molecular complexity index is 339. The van der Waals surface area contributed by atoms with E-state index in [-0.39, 0.29) is 0 Å². The summed E-state index contributed by atoms with van der Waals surface area (Å²) in [6.07, 6.45) is 2.66. The Balaban J connectivity index is 1.85. The largest absolute Gasteiger partial charge is 0.382 e. The number of benzene rings is 1. The molecule has 0 saturated carbocycles. The monoisotopic (exact) mass is 264 g/mol. The predicted octanol–water partition coefficient (Wildman–Crippen LogP) is 2.17. The average molecular weight is 264 g/mol. The summed E-state index contributed by atoms with van der Waals surface area (Å²) < 4.78 is 5.04. The molecule has 1 saturated heterocycles. The first-order valence-corrected chi connectivity index (χ1v) is 7.07. The maximum absolute atomic E-state index is 5.81. The minimum absolute atomic E-state index is 0.589. The molecule has 0 spiro atoms. The highest BCUT2D eigenvalue weighted by Gasteiger charge is 2.14. The molecule has 106 valence electrons. The highest BCUT2D eigenvalue weighted by atomic mass is 16.7. The van der Waals surface area contributed by atoms with E-state index in [2.05, 4.69) is 17.0 Å². The first kappa shape index (κ1) is 14.3. The van der Waals surface area contributed by atoms with Gasteiger partial charge in [-0.2, -0.15) is 0 Å². The van der Waals surface area contributed by atoms with Crippen molar-refractivity contribution in [3.05, 3.63) is 30.3 Å². The summed E-state index contributed by atoms with van der Waals surface area (Å²) in [5, 5.41) is 1.98. The second kappa shape index (κ2) is 8.15. The molecule has 0 amide bonds. The van der Waals surface area contributed by atoms with Gasteiger partial charge in [-0.05, 0) is 38.1 Å². The highest BCUT2D eigenvalue weighted by Crippen LogP contribution is 2.14. The minimum atomic E-state index is 0.589. The van der Waals surface area contributed by atoms with Crippen molar-refractivity contribution < 1.29 is 9.57 Å². The van der Waals surface area contributed by atoms with Gasteiger partial charge < -0.3 is 9.64 Å². The van der Waals surface area contributed by atoms with Crippen LogP contribution in [0.3, 0.4) is 0 Å². The van der Waals surface area contributed by atoms with Gasteiger partial charge in [0.1, 0.15) is 0 Å². The van der Waals surface area contributed by atoms with E-state index in [9.17, 15) is 0 Å². The second-order valence-electron chi connectivity index (χ2n) is 4.81. The number of methoxy groups -OCH3 is 1. The van der Waals surface area contributed by atoms with Crippen LogP contribution in [0.5, 0.6) is 0 Å². The van der Waals surface area contributed by atoms with E-state index in [0.717, 1.165) is 18.8 Å². The van der Waals surface area contributed by atoms with Gasteiger partial charge in [0.05, 0.1) is 25.4 Å². The number of hydrogen-bond donors (Lipinski definition) is 0. The molecule has 0 bridgehead atoms. The molecule has 0 radical (unpaired) electrons. The van der Waals surface area contributed by atoms with Crippen LogP contribution in [0.15, 0.2) is 30.3 Å². The van der Waals surface area contributed by atoms with Crippen molar-refractivity contribution in [1.82, 2.24) is 4.90 Å². The normalized spacial score (nSPS) is 15.8. The van der Waals surface area contributed by atoms with E-state index in [1.807, 2.05) is 23.3 Å². The molecule has 1 aromatic rings. The third kappa shape index (κ3) is 4.82. The van der Waals surface area contributed by atoms with E-state index in [0.29, 0.717) is 13.2 Å². The molecule has 0 aliphatic carbocycles. The zero-order chi connectivity index (χ0) is 13.3. The smallest absolute Gasteiger partial charge is 0.0982 e. The Morgan fingerprint density at radius 3 is 2.53 bits per heavy atom. The number of hydrogen-bond acceptors (Lipinski definition) is 4. The molecule has 0 atom stereocenters. The molecule has 4 heteroatoms. The van der Waals surface area contributed by atoms with Crippen LogP contribution in [-0.4, -0.2) is 51.4 Å². The zero-order valence-corrected chi connectivity index (χ0v) is 11.8. The summed E-state index contributed by atoms with van der Waals surface area (Å²) in [4.78, 5) is 8.31. The van der Waals surface area contributed by atoms with Crippen molar-refractivity contribution in [3.8, 4) is 0 Å². The third-order valence-electron chi connectivity index (χ3n) is 3.40. The molecule has 19 heavy (non-hydrogen) atoms. The third-order valence-corrected chi connectivity index (χ3v) is 3.40. The summed E-state index contributed by atoms with van der Waals surface area (Å²) in [6.45, 7) is 5.61. The van der Waals surface area contributed by atoms with E-state index < -0.39 is 0 Å². The van der Waals surface area contributed by atoms with E-state index >= 15 is 0 Å². The van der Waals surface area contributed by atoms with Crippen molar-refractivity contribution in [2.24, 2.45) is 0 Å². The van der Waals surface area contributed by atoms with Crippen LogP contribution < -0.4 is 5.06 Å². The van der Waals surface area contributed by atoms with Crippen LogP contribution in [0.4, 0.5) is 5.69 Å².